The van der Waals surface area contributed by atoms with Crippen LogP contribution in [0.3, 0.4) is 0 Å². The number of esters is 1. The van der Waals surface area contributed by atoms with Crippen LogP contribution in [-0.4, -0.2) is 34.3 Å². The van der Waals surface area contributed by atoms with Crippen molar-refractivity contribution in [1.82, 2.24) is 20.5 Å². The molecule has 9 nitrogen and oxygen atoms in total. The number of benzene rings is 1. The van der Waals surface area contributed by atoms with Gasteiger partial charge in [-0.3, -0.25) is 15.2 Å². The minimum absolute atomic E-state index is 0.0702. The van der Waals surface area contributed by atoms with E-state index in [9.17, 15) is 9.59 Å². The number of amides is 2. The number of methoxy groups -OCH3 is 1. The molecular formula is C19H21N5O4. The third kappa shape index (κ3) is 4.37. The van der Waals surface area contributed by atoms with Gasteiger partial charge in [0, 0.05) is 13.0 Å². The van der Waals surface area contributed by atoms with Gasteiger partial charge >= 0.3 is 12.0 Å². The van der Waals surface area contributed by atoms with E-state index in [1.807, 2.05) is 37.3 Å². The molecule has 28 heavy (non-hydrogen) atoms. The van der Waals surface area contributed by atoms with E-state index in [1.54, 1.807) is 6.07 Å². The molecule has 146 valence electrons. The first kappa shape index (κ1) is 19.2. The van der Waals surface area contributed by atoms with Crippen molar-refractivity contribution in [3.63, 3.8) is 0 Å². The summed E-state index contributed by atoms with van der Waals surface area (Å²) in [5, 5.41) is 13.0. The summed E-state index contributed by atoms with van der Waals surface area (Å²) in [6, 6.07) is 10.6. The van der Waals surface area contributed by atoms with E-state index in [0.717, 1.165) is 5.56 Å². The van der Waals surface area contributed by atoms with Gasteiger partial charge in [0.25, 0.3) is 0 Å². The number of carbonyl (C=O) groups is 2. The summed E-state index contributed by atoms with van der Waals surface area (Å²) in [6.07, 6.45) is 0. The zero-order chi connectivity index (χ0) is 20.1. The van der Waals surface area contributed by atoms with Gasteiger partial charge < -0.3 is 14.8 Å². The second-order valence-electron chi connectivity index (χ2n) is 6.12. The predicted molar refractivity (Wildman–Crippen MR) is 103 cm³/mol. The number of hydrogen-bond donors (Lipinski definition) is 3. The van der Waals surface area contributed by atoms with Crippen LogP contribution in [0, 0.1) is 0 Å². The van der Waals surface area contributed by atoms with Crippen LogP contribution in [0.2, 0.25) is 0 Å². The van der Waals surface area contributed by atoms with E-state index in [-0.39, 0.29) is 12.6 Å². The Labute approximate surface area is 161 Å². The minimum Gasteiger partial charge on any atom is -0.479 e. The van der Waals surface area contributed by atoms with E-state index in [0.29, 0.717) is 28.3 Å². The summed E-state index contributed by atoms with van der Waals surface area (Å²) >= 11 is 0. The lowest BCUT2D eigenvalue weighted by atomic mass is 10.1. The van der Waals surface area contributed by atoms with Crippen LogP contribution in [0.4, 0.5) is 10.6 Å². The van der Waals surface area contributed by atoms with Crippen LogP contribution in [-0.2, 0) is 16.1 Å². The summed E-state index contributed by atoms with van der Waals surface area (Å²) < 4.78 is 10.3. The highest BCUT2D eigenvalue weighted by molar-refractivity contribution is 5.93. The van der Waals surface area contributed by atoms with Crippen molar-refractivity contribution in [2.45, 2.75) is 26.5 Å². The lowest BCUT2D eigenvalue weighted by Gasteiger charge is -2.15. The Morgan fingerprint density at radius 2 is 2.00 bits per heavy atom. The Morgan fingerprint density at radius 1 is 1.25 bits per heavy atom. The molecule has 0 spiro atoms. The number of rotatable bonds is 6. The number of fused-ring (bicyclic) bond motifs is 1. The summed E-state index contributed by atoms with van der Waals surface area (Å²) in [7, 11) is 1.48. The Balaban J connectivity index is 1.80. The number of nitrogens with one attached hydrogen (secondary N) is 3. The minimum atomic E-state index is -0.440. The average molecular weight is 383 g/mol. The molecule has 1 aromatic carbocycles. The van der Waals surface area contributed by atoms with Gasteiger partial charge in [0.1, 0.15) is 12.4 Å². The van der Waals surface area contributed by atoms with Crippen LogP contribution in [0.15, 0.2) is 36.4 Å². The molecule has 0 aliphatic heterocycles. The smallest absolute Gasteiger partial charge is 0.320 e. The summed E-state index contributed by atoms with van der Waals surface area (Å²) in [5.74, 6) is 0.183. The molecule has 2 aromatic heterocycles. The van der Waals surface area contributed by atoms with Gasteiger partial charge in [0.05, 0.1) is 29.7 Å². The van der Waals surface area contributed by atoms with Crippen molar-refractivity contribution < 1.29 is 19.1 Å². The molecule has 0 bridgehead atoms. The van der Waals surface area contributed by atoms with Crippen LogP contribution in [0.1, 0.15) is 31.1 Å². The van der Waals surface area contributed by atoms with Crippen molar-refractivity contribution in [3.05, 3.63) is 47.7 Å². The largest absolute Gasteiger partial charge is 0.479 e. The normalized spacial score (nSPS) is 11.7. The van der Waals surface area contributed by atoms with Crippen molar-refractivity contribution in [1.29, 1.82) is 0 Å². The first-order chi connectivity index (χ1) is 13.5. The van der Waals surface area contributed by atoms with E-state index >= 15 is 0 Å². The second kappa shape index (κ2) is 8.38. The van der Waals surface area contributed by atoms with Crippen LogP contribution in [0.25, 0.3) is 10.9 Å². The molecule has 0 aliphatic rings. The fourth-order valence-corrected chi connectivity index (χ4v) is 2.75. The Bertz CT molecular complexity index is 987. The first-order valence-corrected chi connectivity index (χ1v) is 8.65. The number of urea groups is 1. The molecule has 3 N–H and O–H groups in total. The summed E-state index contributed by atoms with van der Waals surface area (Å²) in [4.78, 5) is 27.9. The predicted octanol–water partition coefficient (Wildman–Crippen LogP) is 2.91. The molecule has 0 radical (unpaired) electrons. The Morgan fingerprint density at radius 3 is 2.68 bits per heavy atom. The molecule has 0 fully saturated rings. The SMILES string of the molecule is COc1n[nH]c2cc(NC(=O)N[C@H](C)c3ccccc3)nc(COC(C)=O)c12. The summed E-state index contributed by atoms with van der Waals surface area (Å²) in [5.41, 5.74) is 2.00. The van der Waals surface area contributed by atoms with E-state index in [2.05, 4.69) is 25.8 Å². The summed E-state index contributed by atoms with van der Waals surface area (Å²) in [6.45, 7) is 3.13. The highest BCUT2D eigenvalue weighted by Gasteiger charge is 2.17. The van der Waals surface area contributed by atoms with Crippen molar-refractivity contribution >= 4 is 28.7 Å². The lowest BCUT2D eigenvalue weighted by molar-refractivity contribution is -0.142. The fraction of sp³-hybridized carbons (Fsp3) is 0.263. The average Bonchev–Trinajstić information content (AvgIpc) is 3.09. The first-order valence-electron chi connectivity index (χ1n) is 8.65. The molecule has 2 heterocycles. The number of ether oxygens (including phenoxy) is 2. The molecule has 0 aliphatic carbocycles. The maximum atomic E-state index is 12.4. The van der Waals surface area contributed by atoms with E-state index in [1.165, 1.54) is 14.0 Å². The lowest BCUT2D eigenvalue weighted by Crippen LogP contribution is -2.31. The molecule has 0 saturated heterocycles. The van der Waals surface area contributed by atoms with Gasteiger partial charge in [-0.15, -0.1) is 5.10 Å². The monoisotopic (exact) mass is 383 g/mol. The van der Waals surface area contributed by atoms with Crippen molar-refractivity contribution in [2.24, 2.45) is 0 Å². The highest BCUT2D eigenvalue weighted by atomic mass is 16.5. The highest BCUT2D eigenvalue weighted by Crippen LogP contribution is 2.28. The molecule has 9 heteroatoms. The van der Waals surface area contributed by atoms with Gasteiger partial charge in [-0.25, -0.2) is 9.78 Å². The van der Waals surface area contributed by atoms with Gasteiger partial charge in [0.2, 0.25) is 5.88 Å². The molecule has 2 amide bonds. The second-order valence-corrected chi connectivity index (χ2v) is 6.12. The molecule has 3 aromatic rings. The number of aromatic nitrogens is 3. The maximum absolute atomic E-state index is 12.4. The van der Waals surface area contributed by atoms with Crippen LogP contribution < -0.4 is 15.4 Å². The molecule has 1 atom stereocenters. The van der Waals surface area contributed by atoms with Crippen LogP contribution in [0.5, 0.6) is 5.88 Å². The van der Waals surface area contributed by atoms with Gasteiger partial charge in [-0.05, 0) is 12.5 Å². The van der Waals surface area contributed by atoms with Crippen molar-refractivity contribution in [3.8, 4) is 5.88 Å². The molecule has 0 saturated carbocycles. The third-order valence-corrected chi connectivity index (χ3v) is 4.08. The van der Waals surface area contributed by atoms with Gasteiger partial charge in [-0.2, -0.15) is 0 Å². The topological polar surface area (TPSA) is 118 Å². The van der Waals surface area contributed by atoms with Gasteiger partial charge in [0.15, 0.2) is 0 Å². The zero-order valence-corrected chi connectivity index (χ0v) is 15.8. The Kier molecular flexibility index (Phi) is 5.73. The number of pyridine rings is 1. The quantitative estimate of drug-likeness (QED) is 0.563. The number of carbonyl (C=O) groups excluding carboxylic acids is 2. The number of nitrogens with zero attached hydrogens (tertiary/aromatic N) is 2. The number of anilines is 1. The van der Waals surface area contributed by atoms with Gasteiger partial charge in [-0.1, -0.05) is 30.3 Å². The van der Waals surface area contributed by atoms with Crippen LogP contribution >= 0.6 is 0 Å². The van der Waals surface area contributed by atoms with Crippen molar-refractivity contribution in [2.75, 3.05) is 12.4 Å². The molecule has 0 unspecified atom stereocenters. The number of aromatic amines is 1. The number of H-pyrrole nitrogens is 1. The number of hydrogen-bond acceptors (Lipinski definition) is 6. The standard InChI is InChI=1S/C19H21N5O4/c1-11(13-7-5-4-6-8-13)20-19(26)22-16-9-14-17(18(27-3)24-23-14)15(21-16)10-28-12(2)25/h4-9,11H,10H2,1-3H3,(H,23,24)(H2,20,21,22,26)/t11-/m1/s1. The van der Waals surface area contributed by atoms with E-state index in [4.69, 9.17) is 9.47 Å². The fourth-order valence-electron chi connectivity index (χ4n) is 2.75. The van der Waals surface area contributed by atoms with E-state index < -0.39 is 12.0 Å². The molecular weight excluding hydrogens is 362 g/mol. The maximum Gasteiger partial charge on any atom is 0.320 e. The third-order valence-electron chi connectivity index (χ3n) is 4.08. The molecule has 3 rings (SSSR count). The Hall–Kier alpha value is -3.62. The zero-order valence-electron chi connectivity index (χ0n) is 15.8.